The van der Waals surface area contributed by atoms with E-state index in [0.29, 0.717) is 11.6 Å². The predicted octanol–water partition coefficient (Wildman–Crippen LogP) is -0.255. The van der Waals surface area contributed by atoms with Crippen molar-refractivity contribution in [1.29, 1.82) is 0 Å². The molecule has 0 aromatic carbocycles. The number of hydrogen-bond acceptors (Lipinski definition) is 5. The summed E-state index contributed by atoms with van der Waals surface area (Å²) in [5, 5.41) is 10.6. The Hall–Kier alpha value is -1.92. The Morgan fingerprint density at radius 1 is 1.43 bits per heavy atom. The summed E-state index contributed by atoms with van der Waals surface area (Å²) in [7, 11) is 1.81. The minimum atomic E-state index is 0.209. The first-order valence-electron chi connectivity index (χ1n) is 4.29. The third kappa shape index (κ3) is 1.32. The Balaban J connectivity index is 2.45. The van der Waals surface area contributed by atoms with Crippen LogP contribution in [0.5, 0.6) is 0 Å². The minimum Gasteiger partial charge on any atom is -0.366 e. The second-order valence-corrected chi connectivity index (χ2v) is 2.87. The quantitative estimate of drug-likeness (QED) is 0.685. The van der Waals surface area contributed by atoms with Crippen molar-refractivity contribution in [3.63, 3.8) is 0 Å². The van der Waals surface area contributed by atoms with Gasteiger partial charge in [0, 0.05) is 13.5 Å². The fraction of sp³-hybridized carbons (Fsp3) is 0.429. The highest BCUT2D eigenvalue weighted by Gasteiger charge is 2.11. The van der Waals surface area contributed by atoms with Gasteiger partial charge in [-0.1, -0.05) is 6.92 Å². The Labute approximate surface area is 80.4 Å². The number of nitrogens with two attached hydrogens (primary N) is 1. The van der Waals surface area contributed by atoms with E-state index in [9.17, 15) is 0 Å². The molecule has 7 nitrogen and oxygen atoms in total. The van der Waals surface area contributed by atoms with Crippen LogP contribution in [0.2, 0.25) is 0 Å². The number of rotatable bonds is 2. The summed E-state index contributed by atoms with van der Waals surface area (Å²) < 4.78 is 1.65. The van der Waals surface area contributed by atoms with Crippen molar-refractivity contribution in [3.05, 3.63) is 5.82 Å². The topological polar surface area (TPSA) is 98.3 Å². The van der Waals surface area contributed by atoms with Crippen LogP contribution in [0.1, 0.15) is 12.7 Å². The van der Waals surface area contributed by atoms with Gasteiger partial charge in [-0.15, -0.1) is 5.10 Å². The van der Waals surface area contributed by atoms with E-state index in [1.54, 1.807) is 11.7 Å². The Morgan fingerprint density at radius 3 is 2.71 bits per heavy atom. The molecule has 7 heteroatoms. The maximum atomic E-state index is 5.39. The van der Waals surface area contributed by atoms with Crippen LogP contribution in [0, 0.1) is 0 Å². The molecule has 2 heterocycles. The zero-order chi connectivity index (χ0) is 10.1. The van der Waals surface area contributed by atoms with Crippen LogP contribution in [0.4, 0.5) is 5.95 Å². The molecular formula is C7H11N7. The number of aromatic amines is 1. The summed E-state index contributed by atoms with van der Waals surface area (Å²) in [5.74, 6) is 2.17. The number of aromatic nitrogens is 6. The Kier molecular flexibility index (Phi) is 1.91. The predicted molar refractivity (Wildman–Crippen MR) is 50.2 cm³/mol. The molecule has 0 atom stereocenters. The van der Waals surface area contributed by atoms with E-state index in [0.717, 1.165) is 12.2 Å². The van der Waals surface area contributed by atoms with Crippen LogP contribution in [0.25, 0.3) is 11.6 Å². The van der Waals surface area contributed by atoms with E-state index in [1.165, 1.54) is 0 Å². The van der Waals surface area contributed by atoms with E-state index in [1.807, 2.05) is 6.92 Å². The van der Waals surface area contributed by atoms with Crippen molar-refractivity contribution in [2.24, 2.45) is 7.05 Å². The monoisotopic (exact) mass is 193 g/mol. The molecule has 0 fully saturated rings. The molecule has 74 valence electrons. The zero-order valence-corrected chi connectivity index (χ0v) is 8.02. The van der Waals surface area contributed by atoms with Gasteiger partial charge in [-0.25, -0.2) is 9.67 Å². The van der Waals surface area contributed by atoms with Crippen molar-refractivity contribution >= 4 is 5.95 Å². The first-order chi connectivity index (χ1) is 6.70. The summed E-state index contributed by atoms with van der Waals surface area (Å²) >= 11 is 0. The highest BCUT2D eigenvalue weighted by atomic mass is 15.4. The van der Waals surface area contributed by atoms with E-state index in [-0.39, 0.29) is 5.95 Å². The lowest BCUT2D eigenvalue weighted by Crippen LogP contribution is -1.96. The lowest BCUT2D eigenvalue weighted by Gasteiger charge is -1.91. The molecule has 14 heavy (non-hydrogen) atoms. The lowest BCUT2D eigenvalue weighted by molar-refractivity contribution is 0.748. The molecule has 2 aromatic rings. The van der Waals surface area contributed by atoms with E-state index >= 15 is 0 Å². The van der Waals surface area contributed by atoms with Gasteiger partial charge >= 0.3 is 0 Å². The van der Waals surface area contributed by atoms with Crippen LogP contribution in [-0.4, -0.2) is 29.9 Å². The maximum absolute atomic E-state index is 5.39. The summed E-state index contributed by atoms with van der Waals surface area (Å²) in [6, 6.07) is 0. The number of nitrogens with one attached hydrogen (secondary N) is 1. The molecule has 0 spiro atoms. The third-order valence-electron chi connectivity index (χ3n) is 1.84. The number of anilines is 1. The minimum absolute atomic E-state index is 0.209. The molecule has 0 saturated carbocycles. The lowest BCUT2D eigenvalue weighted by atomic mass is 10.5. The van der Waals surface area contributed by atoms with E-state index in [2.05, 4.69) is 25.3 Å². The van der Waals surface area contributed by atoms with Gasteiger partial charge in [-0.2, -0.15) is 10.1 Å². The molecule has 3 N–H and O–H groups in total. The number of nitrogens with zero attached hydrogens (tertiary/aromatic N) is 5. The molecule has 0 unspecified atom stereocenters. The third-order valence-corrected chi connectivity index (χ3v) is 1.84. The highest BCUT2D eigenvalue weighted by Crippen LogP contribution is 2.11. The molecule has 0 bridgehead atoms. The van der Waals surface area contributed by atoms with Crippen LogP contribution in [0.15, 0.2) is 0 Å². The van der Waals surface area contributed by atoms with Crippen molar-refractivity contribution in [3.8, 4) is 11.6 Å². The van der Waals surface area contributed by atoms with Crippen molar-refractivity contribution in [1.82, 2.24) is 29.9 Å². The summed E-state index contributed by atoms with van der Waals surface area (Å²) in [4.78, 5) is 8.25. The summed E-state index contributed by atoms with van der Waals surface area (Å²) in [6.07, 6.45) is 0.789. The molecule has 0 aliphatic carbocycles. The van der Waals surface area contributed by atoms with Gasteiger partial charge in [0.05, 0.1) is 0 Å². The molecule has 0 saturated heterocycles. The molecule has 0 aliphatic heterocycles. The zero-order valence-electron chi connectivity index (χ0n) is 8.02. The number of nitrogen functional groups attached to an aromatic ring is 1. The fourth-order valence-corrected chi connectivity index (χ4v) is 1.17. The van der Waals surface area contributed by atoms with Gasteiger partial charge < -0.3 is 5.73 Å². The molecule has 0 aliphatic rings. The van der Waals surface area contributed by atoms with Crippen molar-refractivity contribution in [2.45, 2.75) is 13.3 Å². The molecule has 2 rings (SSSR count). The summed E-state index contributed by atoms with van der Waals surface area (Å²) in [6.45, 7) is 1.99. The van der Waals surface area contributed by atoms with Crippen LogP contribution in [-0.2, 0) is 13.5 Å². The molecule has 0 radical (unpaired) electrons. The standard InChI is InChI=1S/C7H11N7/c1-3-4-9-6(14(2)13-4)5-10-7(8)12-11-5/h3H2,1-2H3,(H3,8,10,11,12). The maximum Gasteiger partial charge on any atom is 0.239 e. The average Bonchev–Trinajstić information content (AvgIpc) is 2.71. The second-order valence-electron chi connectivity index (χ2n) is 2.87. The average molecular weight is 193 g/mol. The molecule has 2 aromatic heterocycles. The highest BCUT2D eigenvalue weighted by molar-refractivity contribution is 5.44. The van der Waals surface area contributed by atoms with Gasteiger partial charge in [-0.3, -0.25) is 5.10 Å². The first kappa shape index (κ1) is 8.67. The van der Waals surface area contributed by atoms with Gasteiger partial charge in [0.25, 0.3) is 0 Å². The van der Waals surface area contributed by atoms with Crippen LogP contribution < -0.4 is 5.73 Å². The number of H-pyrrole nitrogens is 1. The van der Waals surface area contributed by atoms with Crippen molar-refractivity contribution in [2.75, 3.05) is 5.73 Å². The normalized spacial score (nSPS) is 10.7. The number of hydrogen-bond donors (Lipinski definition) is 2. The van der Waals surface area contributed by atoms with Gasteiger partial charge in [0.2, 0.25) is 5.95 Å². The van der Waals surface area contributed by atoms with E-state index in [4.69, 9.17) is 5.73 Å². The Morgan fingerprint density at radius 2 is 2.21 bits per heavy atom. The van der Waals surface area contributed by atoms with Gasteiger partial charge in [0.1, 0.15) is 0 Å². The molecule has 0 amide bonds. The van der Waals surface area contributed by atoms with E-state index < -0.39 is 0 Å². The van der Waals surface area contributed by atoms with Gasteiger partial charge in [-0.05, 0) is 0 Å². The largest absolute Gasteiger partial charge is 0.366 e. The first-order valence-corrected chi connectivity index (χ1v) is 4.29. The smallest absolute Gasteiger partial charge is 0.239 e. The SMILES string of the molecule is CCc1nc(-c2nc(N)n[nH]2)n(C)n1. The van der Waals surface area contributed by atoms with Crippen molar-refractivity contribution < 1.29 is 0 Å². The Bertz CT molecular complexity index is 441. The summed E-state index contributed by atoms with van der Waals surface area (Å²) in [5.41, 5.74) is 5.39. The van der Waals surface area contributed by atoms with Crippen LogP contribution in [0.3, 0.4) is 0 Å². The fourth-order valence-electron chi connectivity index (χ4n) is 1.17. The van der Waals surface area contributed by atoms with Gasteiger partial charge in [0.15, 0.2) is 17.5 Å². The number of aryl methyl sites for hydroxylation is 2. The molecular weight excluding hydrogens is 182 g/mol. The second kappa shape index (κ2) is 3.09. The van der Waals surface area contributed by atoms with Crippen LogP contribution >= 0.6 is 0 Å².